The molecule has 1 aliphatic rings. The van der Waals surface area contributed by atoms with Crippen molar-refractivity contribution < 1.29 is 5.11 Å². The second kappa shape index (κ2) is 7.18. The quantitative estimate of drug-likeness (QED) is 0.833. The predicted octanol–water partition coefficient (Wildman–Crippen LogP) is 4.34. The van der Waals surface area contributed by atoms with Gasteiger partial charge in [-0.25, -0.2) is 0 Å². The lowest BCUT2D eigenvalue weighted by Gasteiger charge is -2.20. The van der Waals surface area contributed by atoms with Crippen molar-refractivity contribution in [2.75, 3.05) is 5.75 Å². The summed E-state index contributed by atoms with van der Waals surface area (Å²) in [5.41, 5.74) is 0.751. The Hall–Kier alpha value is -1.49. The van der Waals surface area contributed by atoms with Crippen molar-refractivity contribution in [2.24, 2.45) is 5.92 Å². The van der Waals surface area contributed by atoms with Gasteiger partial charge in [0.2, 0.25) is 0 Å². The SMILES string of the molecule is CCn1c(SCC2CCCCC2)nnc1-c1ccccc1O. The zero-order valence-electron chi connectivity index (χ0n) is 13.0. The minimum Gasteiger partial charge on any atom is -0.507 e. The van der Waals surface area contributed by atoms with Crippen molar-refractivity contribution in [3.63, 3.8) is 0 Å². The van der Waals surface area contributed by atoms with Gasteiger partial charge in [0.05, 0.1) is 5.56 Å². The molecule has 0 amide bonds. The van der Waals surface area contributed by atoms with Crippen molar-refractivity contribution in [2.45, 2.75) is 50.7 Å². The molecule has 118 valence electrons. The molecule has 1 aromatic heterocycles. The van der Waals surface area contributed by atoms with E-state index >= 15 is 0 Å². The van der Waals surface area contributed by atoms with E-state index in [1.165, 1.54) is 32.1 Å². The number of thioether (sulfide) groups is 1. The molecule has 1 aliphatic carbocycles. The number of hydrogen-bond acceptors (Lipinski definition) is 4. The highest BCUT2D eigenvalue weighted by atomic mass is 32.2. The van der Waals surface area contributed by atoms with E-state index in [1.807, 2.05) is 30.0 Å². The predicted molar refractivity (Wildman–Crippen MR) is 90.1 cm³/mol. The van der Waals surface area contributed by atoms with Gasteiger partial charge in [-0.05, 0) is 37.8 Å². The van der Waals surface area contributed by atoms with Gasteiger partial charge in [-0.1, -0.05) is 43.2 Å². The van der Waals surface area contributed by atoms with Crippen LogP contribution in [0.1, 0.15) is 39.0 Å². The number of para-hydroxylation sites is 1. The van der Waals surface area contributed by atoms with E-state index < -0.39 is 0 Å². The van der Waals surface area contributed by atoms with Crippen molar-refractivity contribution in [1.82, 2.24) is 14.8 Å². The molecule has 1 heterocycles. The molecular weight excluding hydrogens is 294 g/mol. The fraction of sp³-hybridized carbons (Fsp3) is 0.529. The van der Waals surface area contributed by atoms with Crippen LogP contribution in [0.3, 0.4) is 0 Å². The number of aromatic hydroxyl groups is 1. The van der Waals surface area contributed by atoms with Crippen LogP contribution in [0.4, 0.5) is 0 Å². The van der Waals surface area contributed by atoms with Crippen LogP contribution in [-0.4, -0.2) is 25.6 Å². The maximum atomic E-state index is 10.0. The molecule has 1 saturated carbocycles. The van der Waals surface area contributed by atoms with Gasteiger partial charge in [0.1, 0.15) is 5.75 Å². The first kappa shape index (κ1) is 15.4. The zero-order valence-corrected chi connectivity index (χ0v) is 13.9. The molecule has 1 aromatic carbocycles. The number of hydrogen-bond donors (Lipinski definition) is 1. The average molecular weight is 317 g/mol. The van der Waals surface area contributed by atoms with E-state index in [0.717, 1.165) is 34.8 Å². The molecule has 22 heavy (non-hydrogen) atoms. The first-order valence-corrected chi connectivity index (χ1v) is 9.12. The third kappa shape index (κ3) is 3.29. The molecule has 0 bridgehead atoms. The van der Waals surface area contributed by atoms with Gasteiger partial charge in [-0.15, -0.1) is 10.2 Å². The van der Waals surface area contributed by atoms with Gasteiger partial charge < -0.3 is 9.67 Å². The van der Waals surface area contributed by atoms with Gasteiger partial charge in [0, 0.05) is 12.3 Å². The second-order valence-electron chi connectivity index (χ2n) is 5.88. The average Bonchev–Trinajstić information content (AvgIpc) is 2.97. The molecule has 5 heteroatoms. The van der Waals surface area contributed by atoms with Crippen LogP contribution >= 0.6 is 11.8 Å². The number of aromatic nitrogens is 3. The first-order chi connectivity index (χ1) is 10.8. The fourth-order valence-electron chi connectivity index (χ4n) is 3.09. The van der Waals surface area contributed by atoms with Crippen LogP contribution in [-0.2, 0) is 6.54 Å². The normalized spacial score (nSPS) is 16.0. The molecule has 3 rings (SSSR count). The zero-order chi connectivity index (χ0) is 15.4. The van der Waals surface area contributed by atoms with E-state index in [1.54, 1.807) is 6.07 Å². The largest absolute Gasteiger partial charge is 0.507 e. The lowest BCUT2D eigenvalue weighted by atomic mass is 9.91. The monoisotopic (exact) mass is 317 g/mol. The molecule has 1 N–H and O–H groups in total. The fourth-order valence-corrected chi connectivity index (χ4v) is 4.28. The van der Waals surface area contributed by atoms with Gasteiger partial charge in [0.15, 0.2) is 11.0 Å². The Morgan fingerprint density at radius 1 is 1.18 bits per heavy atom. The molecule has 4 nitrogen and oxygen atoms in total. The van der Waals surface area contributed by atoms with Crippen LogP contribution in [0, 0.1) is 5.92 Å². The number of benzene rings is 1. The van der Waals surface area contributed by atoms with Gasteiger partial charge >= 0.3 is 0 Å². The summed E-state index contributed by atoms with van der Waals surface area (Å²) in [6, 6.07) is 7.32. The van der Waals surface area contributed by atoms with Gasteiger partial charge in [0.25, 0.3) is 0 Å². The summed E-state index contributed by atoms with van der Waals surface area (Å²) in [7, 11) is 0. The molecule has 0 radical (unpaired) electrons. The van der Waals surface area contributed by atoms with Crippen molar-refractivity contribution in [3.05, 3.63) is 24.3 Å². The Morgan fingerprint density at radius 2 is 1.95 bits per heavy atom. The molecule has 0 spiro atoms. The maximum absolute atomic E-state index is 10.0. The topological polar surface area (TPSA) is 50.9 Å². The third-order valence-electron chi connectivity index (χ3n) is 4.35. The highest BCUT2D eigenvalue weighted by Crippen LogP contribution is 2.32. The third-order valence-corrected chi connectivity index (χ3v) is 5.55. The Balaban J connectivity index is 1.77. The lowest BCUT2D eigenvalue weighted by molar-refractivity contribution is 0.390. The van der Waals surface area contributed by atoms with E-state index in [2.05, 4.69) is 21.7 Å². The van der Waals surface area contributed by atoms with E-state index in [-0.39, 0.29) is 5.75 Å². The molecular formula is C17H23N3OS. The van der Waals surface area contributed by atoms with E-state index in [0.29, 0.717) is 0 Å². The summed E-state index contributed by atoms with van der Waals surface area (Å²) < 4.78 is 2.10. The molecule has 0 atom stereocenters. The van der Waals surface area contributed by atoms with Crippen molar-refractivity contribution >= 4 is 11.8 Å². The van der Waals surface area contributed by atoms with Crippen LogP contribution in [0.5, 0.6) is 5.75 Å². The van der Waals surface area contributed by atoms with Gasteiger partial charge in [-0.2, -0.15) is 0 Å². The summed E-state index contributed by atoms with van der Waals surface area (Å²) in [6.07, 6.45) is 6.83. The van der Waals surface area contributed by atoms with E-state index in [9.17, 15) is 5.11 Å². The van der Waals surface area contributed by atoms with Crippen molar-refractivity contribution in [3.8, 4) is 17.1 Å². The molecule has 0 saturated heterocycles. The highest BCUT2D eigenvalue weighted by Gasteiger charge is 2.18. The first-order valence-electron chi connectivity index (χ1n) is 8.14. The highest BCUT2D eigenvalue weighted by molar-refractivity contribution is 7.99. The van der Waals surface area contributed by atoms with Crippen LogP contribution in [0.15, 0.2) is 29.4 Å². The maximum Gasteiger partial charge on any atom is 0.191 e. The Labute approximate surface area is 136 Å². The summed E-state index contributed by atoms with van der Waals surface area (Å²) in [5.74, 6) is 2.95. The van der Waals surface area contributed by atoms with E-state index in [4.69, 9.17) is 0 Å². The number of phenolic OH excluding ortho intramolecular Hbond substituents is 1. The van der Waals surface area contributed by atoms with Crippen LogP contribution in [0.25, 0.3) is 11.4 Å². The molecule has 1 fully saturated rings. The summed E-state index contributed by atoms with van der Waals surface area (Å²) in [5, 5.41) is 19.7. The Morgan fingerprint density at radius 3 is 2.68 bits per heavy atom. The Kier molecular flexibility index (Phi) is 5.03. The van der Waals surface area contributed by atoms with Crippen molar-refractivity contribution in [1.29, 1.82) is 0 Å². The Bertz CT molecular complexity index is 620. The number of nitrogens with zero attached hydrogens (tertiary/aromatic N) is 3. The van der Waals surface area contributed by atoms with Crippen LogP contribution in [0.2, 0.25) is 0 Å². The standard InChI is InChI=1S/C17H23N3OS/c1-2-20-16(14-10-6-7-11-15(14)21)18-19-17(20)22-12-13-8-4-3-5-9-13/h6-7,10-11,13,21H,2-5,8-9,12H2,1H3. The number of rotatable bonds is 5. The lowest BCUT2D eigenvalue weighted by Crippen LogP contribution is -2.09. The van der Waals surface area contributed by atoms with Gasteiger partial charge in [-0.3, -0.25) is 0 Å². The smallest absolute Gasteiger partial charge is 0.191 e. The molecule has 0 unspecified atom stereocenters. The number of phenols is 1. The van der Waals surface area contributed by atoms with Crippen LogP contribution < -0.4 is 0 Å². The molecule has 2 aromatic rings. The second-order valence-corrected chi connectivity index (χ2v) is 6.87. The summed E-state index contributed by atoms with van der Waals surface area (Å²) in [4.78, 5) is 0. The minimum atomic E-state index is 0.258. The summed E-state index contributed by atoms with van der Waals surface area (Å²) in [6.45, 7) is 2.90. The summed E-state index contributed by atoms with van der Waals surface area (Å²) >= 11 is 1.81. The minimum absolute atomic E-state index is 0.258. The molecule has 0 aliphatic heterocycles.